The third-order valence-electron chi connectivity index (χ3n) is 5.50. The number of benzene rings is 2. The zero-order valence-electron chi connectivity index (χ0n) is 16.7. The summed E-state index contributed by atoms with van der Waals surface area (Å²) in [7, 11) is -3.54. The lowest BCUT2D eigenvalue weighted by molar-refractivity contribution is -0.132. The van der Waals surface area contributed by atoms with E-state index in [0.29, 0.717) is 37.4 Å². The van der Waals surface area contributed by atoms with E-state index >= 15 is 0 Å². The highest BCUT2D eigenvalue weighted by Crippen LogP contribution is 2.34. The van der Waals surface area contributed by atoms with Gasteiger partial charge in [0.15, 0.2) is 0 Å². The first-order chi connectivity index (χ1) is 13.2. The summed E-state index contributed by atoms with van der Waals surface area (Å²) < 4.78 is 27.5. The predicted molar refractivity (Wildman–Crippen MR) is 110 cm³/mol. The average Bonchev–Trinajstić information content (AvgIpc) is 2.66. The molecule has 1 amide bonds. The van der Waals surface area contributed by atoms with Gasteiger partial charge in [-0.1, -0.05) is 43.3 Å². The van der Waals surface area contributed by atoms with Gasteiger partial charge in [-0.2, -0.15) is 4.31 Å². The van der Waals surface area contributed by atoms with Crippen molar-refractivity contribution in [3.05, 3.63) is 65.2 Å². The lowest BCUT2D eigenvalue weighted by Crippen LogP contribution is -2.48. The molecule has 1 fully saturated rings. The van der Waals surface area contributed by atoms with E-state index in [0.717, 1.165) is 16.7 Å². The highest BCUT2D eigenvalue weighted by atomic mass is 32.2. The lowest BCUT2D eigenvalue weighted by Gasteiger charge is -2.37. The van der Waals surface area contributed by atoms with Crippen molar-refractivity contribution < 1.29 is 13.2 Å². The Bertz CT molecular complexity index is 927. The summed E-state index contributed by atoms with van der Waals surface area (Å²) in [5.41, 5.74) is 2.36. The summed E-state index contributed by atoms with van der Waals surface area (Å²) in [6, 6.07) is 15.2. The van der Waals surface area contributed by atoms with Crippen molar-refractivity contribution in [2.24, 2.45) is 5.41 Å². The van der Waals surface area contributed by atoms with Crippen LogP contribution in [0.5, 0.6) is 0 Å². The van der Waals surface area contributed by atoms with Gasteiger partial charge >= 0.3 is 0 Å². The average molecular weight is 401 g/mol. The summed E-state index contributed by atoms with van der Waals surface area (Å²) in [4.78, 5) is 13.1. The number of nitrogens with one attached hydrogen (secondary N) is 1. The van der Waals surface area contributed by atoms with Crippen LogP contribution >= 0.6 is 0 Å². The monoisotopic (exact) mass is 400 g/mol. The Morgan fingerprint density at radius 2 is 1.61 bits per heavy atom. The summed E-state index contributed by atoms with van der Waals surface area (Å²) in [6.45, 7) is 6.91. The van der Waals surface area contributed by atoms with Crippen molar-refractivity contribution >= 4 is 15.9 Å². The van der Waals surface area contributed by atoms with Gasteiger partial charge in [-0.3, -0.25) is 4.79 Å². The molecule has 1 heterocycles. The molecule has 0 atom stereocenters. The molecule has 2 aromatic rings. The van der Waals surface area contributed by atoms with Gasteiger partial charge in [0, 0.05) is 25.0 Å². The molecule has 0 bridgehead atoms. The zero-order valence-corrected chi connectivity index (χ0v) is 17.6. The molecule has 0 aliphatic carbocycles. The molecule has 5 nitrogen and oxygen atoms in total. The first-order valence-electron chi connectivity index (χ1n) is 9.61. The molecule has 1 saturated heterocycles. The Labute approximate surface area is 167 Å². The Hall–Kier alpha value is -2.18. The number of carbonyl (C=O) groups is 1. The molecule has 6 heteroatoms. The van der Waals surface area contributed by atoms with Crippen LogP contribution in [0.25, 0.3) is 0 Å². The molecule has 150 valence electrons. The van der Waals surface area contributed by atoms with Gasteiger partial charge in [0.05, 0.1) is 4.90 Å². The van der Waals surface area contributed by atoms with E-state index in [1.54, 1.807) is 12.1 Å². The first-order valence-corrected chi connectivity index (χ1v) is 11.1. The Kier molecular flexibility index (Phi) is 5.91. The number of rotatable bonds is 5. The maximum atomic E-state index is 13.0. The molecule has 1 aliphatic heterocycles. The Morgan fingerprint density at radius 1 is 1.04 bits per heavy atom. The number of amides is 1. The van der Waals surface area contributed by atoms with E-state index in [2.05, 4.69) is 5.32 Å². The van der Waals surface area contributed by atoms with Crippen LogP contribution in [0.15, 0.2) is 53.4 Å². The number of hydrogen-bond acceptors (Lipinski definition) is 3. The van der Waals surface area contributed by atoms with Crippen LogP contribution in [0.3, 0.4) is 0 Å². The number of carbonyl (C=O) groups excluding carboxylic acids is 1. The minimum absolute atomic E-state index is 0.0141. The van der Waals surface area contributed by atoms with Crippen LogP contribution in [0.2, 0.25) is 0 Å². The fraction of sp³-hybridized carbons (Fsp3) is 0.409. The summed E-state index contributed by atoms with van der Waals surface area (Å²) in [5, 5.41) is 3.00. The minimum atomic E-state index is -3.54. The fourth-order valence-corrected chi connectivity index (χ4v) is 5.30. The molecule has 0 spiro atoms. The lowest BCUT2D eigenvalue weighted by atomic mass is 9.80. The second kappa shape index (κ2) is 8.05. The van der Waals surface area contributed by atoms with Crippen molar-refractivity contribution in [2.75, 3.05) is 13.1 Å². The molecule has 1 aliphatic rings. The molecule has 0 radical (unpaired) electrons. The predicted octanol–water partition coefficient (Wildman–Crippen LogP) is 3.41. The first kappa shape index (κ1) is 20.6. The van der Waals surface area contributed by atoms with Crippen molar-refractivity contribution in [1.29, 1.82) is 0 Å². The van der Waals surface area contributed by atoms with Gasteiger partial charge in [0.25, 0.3) is 0 Å². The van der Waals surface area contributed by atoms with Crippen LogP contribution in [-0.2, 0) is 21.4 Å². The van der Waals surface area contributed by atoms with E-state index in [-0.39, 0.29) is 5.91 Å². The van der Waals surface area contributed by atoms with Crippen molar-refractivity contribution in [2.45, 2.75) is 45.1 Å². The standard InChI is InChI=1S/C22H28N2O3S/c1-17-13-18(2)15-20(14-17)28(26,27)24-11-9-22(3,10-12-24)21(25)23-16-19-7-5-4-6-8-19/h4-8,13-15H,9-12,16H2,1-3H3,(H,23,25). The van der Waals surface area contributed by atoms with Crippen LogP contribution in [0.1, 0.15) is 36.5 Å². The van der Waals surface area contributed by atoms with Crippen molar-refractivity contribution in [3.63, 3.8) is 0 Å². The van der Waals surface area contributed by atoms with Gasteiger partial charge in [0.1, 0.15) is 0 Å². The van der Waals surface area contributed by atoms with E-state index in [1.807, 2.05) is 57.2 Å². The van der Waals surface area contributed by atoms with Crippen LogP contribution in [0.4, 0.5) is 0 Å². The SMILES string of the molecule is Cc1cc(C)cc(S(=O)(=O)N2CCC(C)(C(=O)NCc3ccccc3)CC2)c1. The Morgan fingerprint density at radius 3 is 2.18 bits per heavy atom. The summed E-state index contributed by atoms with van der Waals surface area (Å²) >= 11 is 0. The van der Waals surface area contributed by atoms with E-state index in [9.17, 15) is 13.2 Å². The maximum Gasteiger partial charge on any atom is 0.243 e. The summed E-state index contributed by atoms with van der Waals surface area (Å²) in [5.74, 6) is -0.0141. The minimum Gasteiger partial charge on any atom is -0.352 e. The maximum absolute atomic E-state index is 13.0. The van der Waals surface area contributed by atoms with Crippen LogP contribution in [-0.4, -0.2) is 31.7 Å². The van der Waals surface area contributed by atoms with E-state index in [1.165, 1.54) is 4.31 Å². The van der Waals surface area contributed by atoms with Gasteiger partial charge in [-0.25, -0.2) is 8.42 Å². The second-order valence-electron chi connectivity index (χ2n) is 7.96. The molecular formula is C22H28N2O3S. The van der Waals surface area contributed by atoms with Crippen molar-refractivity contribution in [3.8, 4) is 0 Å². The Balaban J connectivity index is 1.64. The van der Waals surface area contributed by atoms with Gasteiger partial charge in [-0.05, 0) is 55.5 Å². The third kappa shape index (κ3) is 4.45. The van der Waals surface area contributed by atoms with Gasteiger partial charge < -0.3 is 5.32 Å². The molecule has 1 N–H and O–H groups in total. The largest absolute Gasteiger partial charge is 0.352 e. The van der Waals surface area contributed by atoms with E-state index in [4.69, 9.17) is 0 Å². The smallest absolute Gasteiger partial charge is 0.243 e. The molecular weight excluding hydrogens is 372 g/mol. The number of nitrogens with zero attached hydrogens (tertiary/aromatic N) is 1. The molecule has 2 aromatic carbocycles. The quantitative estimate of drug-likeness (QED) is 0.836. The number of piperidine rings is 1. The van der Waals surface area contributed by atoms with Crippen molar-refractivity contribution in [1.82, 2.24) is 9.62 Å². The van der Waals surface area contributed by atoms with E-state index < -0.39 is 15.4 Å². The van der Waals surface area contributed by atoms with Gasteiger partial charge in [0.2, 0.25) is 15.9 Å². The van der Waals surface area contributed by atoms with Crippen LogP contribution < -0.4 is 5.32 Å². The molecule has 3 rings (SSSR count). The normalized spacial score (nSPS) is 17.2. The fourth-order valence-electron chi connectivity index (χ4n) is 3.67. The zero-order chi connectivity index (χ0) is 20.4. The van der Waals surface area contributed by atoms with Crippen LogP contribution in [0, 0.1) is 19.3 Å². The molecule has 0 saturated carbocycles. The molecule has 28 heavy (non-hydrogen) atoms. The number of aryl methyl sites for hydroxylation is 2. The number of hydrogen-bond donors (Lipinski definition) is 1. The van der Waals surface area contributed by atoms with Gasteiger partial charge in [-0.15, -0.1) is 0 Å². The molecule has 0 aromatic heterocycles. The highest BCUT2D eigenvalue weighted by molar-refractivity contribution is 7.89. The molecule has 0 unspecified atom stereocenters. The second-order valence-corrected chi connectivity index (χ2v) is 9.89. The third-order valence-corrected chi connectivity index (χ3v) is 7.38. The number of sulfonamides is 1. The highest BCUT2D eigenvalue weighted by Gasteiger charge is 2.40. The topological polar surface area (TPSA) is 66.5 Å². The summed E-state index contributed by atoms with van der Waals surface area (Å²) in [6.07, 6.45) is 1.02.